The maximum absolute atomic E-state index is 12.3. The van der Waals surface area contributed by atoms with Crippen LogP contribution in [-0.4, -0.2) is 37.0 Å². The summed E-state index contributed by atoms with van der Waals surface area (Å²) in [4.78, 5) is 12.3. The molecule has 1 N–H and O–H groups in total. The molecule has 0 aliphatic carbocycles. The molecule has 0 rings (SSSR count). The van der Waals surface area contributed by atoms with Gasteiger partial charge in [-0.15, -0.1) is 0 Å². The number of hydrogen-bond acceptors (Lipinski definition) is 4. The van der Waals surface area contributed by atoms with Crippen molar-refractivity contribution in [2.24, 2.45) is 0 Å². The molecular formula is C59H104O4. The highest BCUT2D eigenvalue weighted by atomic mass is 16.6. The van der Waals surface area contributed by atoms with Gasteiger partial charge in [0.2, 0.25) is 0 Å². The molecule has 0 heterocycles. The second-order valence-corrected chi connectivity index (χ2v) is 17.9. The van der Waals surface area contributed by atoms with E-state index in [9.17, 15) is 9.90 Å². The van der Waals surface area contributed by atoms with Crippen molar-refractivity contribution in [1.82, 2.24) is 0 Å². The van der Waals surface area contributed by atoms with Gasteiger partial charge in [0, 0.05) is 13.0 Å². The first-order valence-electron chi connectivity index (χ1n) is 27.2. The largest absolute Gasteiger partial charge is 0.457 e. The number of allylic oxidation sites excluding steroid dienone is 14. The fourth-order valence-corrected chi connectivity index (χ4v) is 7.68. The highest BCUT2D eigenvalue weighted by Crippen LogP contribution is 2.15. The minimum Gasteiger partial charge on any atom is -0.457 e. The van der Waals surface area contributed by atoms with Crippen LogP contribution in [0.1, 0.15) is 258 Å². The fraction of sp³-hybridized carbons (Fsp3) is 0.746. The molecule has 0 aliphatic heterocycles. The molecule has 1 unspecified atom stereocenters. The van der Waals surface area contributed by atoms with Crippen molar-refractivity contribution in [2.45, 2.75) is 264 Å². The van der Waals surface area contributed by atoms with Gasteiger partial charge in [0.25, 0.3) is 0 Å². The van der Waals surface area contributed by atoms with Gasteiger partial charge in [-0.3, -0.25) is 4.79 Å². The maximum atomic E-state index is 12.3. The second-order valence-electron chi connectivity index (χ2n) is 17.9. The molecule has 0 bridgehead atoms. The zero-order chi connectivity index (χ0) is 45.5. The van der Waals surface area contributed by atoms with Crippen LogP contribution in [0.15, 0.2) is 85.1 Å². The summed E-state index contributed by atoms with van der Waals surface area (Å²) in [7, 11) is 0. The lowest BCUT2D eigenvalue weighted by atomic mass is 10.0. The zero-order valence-electron chi connectivity index (χ0n) is 41.8. The third kappa shape index (κ3) is 53.8. The predicted octanol–water partition coefficient (Wildman–Crippen LogP) is 18.7. The average molecular weight is 877 g/mol. The van der Waals surface area contributed by atoms with Gasteiger partial charge in [-0.2, -0.15) is 0 Å². The van der Waals surface area contributed by atoms with E-state index in [2.05, 4.69) is 98.9 Å². The average Bonchev–Trinajstić information content (AvgIpc) is 3.29. The standard InChI is InChI=1S/C59H104O4/c1-3-5-7-9-11-13-15-17-19-21-23-25-27-29-31-33-35-37-39-41-43-45-47-49-51-53-55-62-57-58(56-60)63-59(61)54-52-50-48-46-44-42-40-38-36-34-32-30-28-26-24-22-20-18-16-14-12-10-8-6-4-2/h5,7,11,13,17,19,22-25,29,31,35,37,58,60H,3-4,6,8-10,12,14-16,18,20-21,26-28,30,32-34,36,38-57H2,1-2H3/b7-5-,13-11-,19-17-,24-22-,25-23-,31-29-,37-35-. The van der Waals surface area contributed by atoms with Gasteiger partial charge in [0.05, 0.1) is 13.2 Å². The van der Waals surface area contributed by atoms with Gasteiger partial charge in [-0.25, -0.2) is 0 Å². The summed E-state index contributed by atoms with van der Waals surface area (Å²) < 4.78 is 11.2. The maximum Gasteiger partial charge on any atom is 0.306 e. The molecule has 4 nitrogen and oxygen atoms in total. The molecule has 63 heavy (non-hydrogen) atoms. The molecule has 0 aromatic carbocycles. The van der Waals surface area contributed by atoms with Gasteiger partial charge >= 0.3 is 5.97 Å². The lowest BCUT2D eigenvalue weighted by Gasteiger charge is -2.16. The van der Waals surface area contributed by atoms with Crippen LogP contribution in [0.25, 0.3) is 0 Å². The monoisotopic (exact) mass is 877 g/mol. The predicted molar refractivity (Wildman–Crippen MR) is 279 cm³/mol. The Balaban J connectivity index is 3.45. The third-order valence-electron chi connectivity index (χ3n) is 11.7. The van der Waals surface area contributed by atoms with Crippen molar-refractivity contribution in [2.75, 3.05) is 19.8 Å². The van der Waals surface area contributed by atoms with Crippen molar-refractivity contribution < 1.29 is 19.4 Å². The van der Waals surface area contributed by atoms with E-state index in [0.717, 1.165) is 64.2 Å². The Morgan fingerprint density at radius 2 is 0.714 bits per heavy atom. The zero-order valence-corrected chi connectivity index (χ0v) is 41.8. The normalized spacial score (nSPS) is 13.0. The summed E-state index contributed by atoms with van der Waals surface area (Å²) >= 11 is 0. The molecule has 1 atom stereocenters. The van der Waals surface area contributed by atoms with E-state index in [4.69, 9.17) is 9.47 Å². The van der Waals surface area contributed by atoms with Crippen LogP contribution in [0.3, 0.4) is 0 Å². The topological polar surface area (TPSA) is 55.8 Å². The van der Waals surface area contributed by atoms with Gasteiger partial charge in [0.15, 0.2) is 0 Å². The van der Waals surface area contributed by atoms with Crippen LogP contribution in [0.4, 0.5) is 0 Å². The summed E-state index contributed by atoms with van der Waals surface area (Å²) in [6.45, 7) is 5.22. The van der Waals surface area contributed by atoms with Crippen LogP contribution in [0, 0.1) is 0 Å². The molecule has 0 saturated heterocycles. The van der Waals surface area contributed by atoms with Crippen molar-refractivity contribution in [1.29, 1.82) is 0 Å². The number of aliphatic hydroxyl groups excluding tert-OH is 1. The highest BCUT2D eigenvalue weighted by Gasteiger charge is 2.13. The van der Waals surface area contributed by atoms with E-state index in [1.165, 1.54) is 173 Å². The molecule has 0 fully saturated rings. The first kappa shape index (κ1) is 60.6. The minimum absolute atomic E-state index is 0.179. The Morgan fingerprint density at radius 1 is 0.397 bits per heavy atom. The van der Waals surface area contributed by atoms with Crippen molar-refractivity contribution >= 4 is 5.97 Å². The molecule has 0 spiro atoms. The molecule has 0 amide bonds. The van der Waals surface area contributed by atoms with E-state index >= 15 is 0 Å². The number of ether oxygens (including phenoxy) is 2. The van der Waals surface area contributed by atoms with E-state index in [-0.39, 0.29) is 19.2 Å². The highest BCUT2D eigenvalue weighted by molar-refractivity contribution is 5.69. The Kier molecular flexibility index (Phi) is 53.6. The quantitative estimate of drug-likeness (QED) is 0.0376. The number of hydrogen-bond donors (Lipinski definition) is 1. The number of aliphatic hydroxyl groups is 1. The van der Waals surface area contributed by atoms with E-state index < -0.39 is 6.10 Å². The van der Waals surface area contributed by atoms with E-state index in [0.29, 0.717) is 13.0 Å². The third-order valence-corrected chi connectivity index (χ3v) is 11.7. The van der Waals surface area contributed by atoms with Crippen LogP contribution in [-0.2, 0) is 14.3 Å². The molecule has 364 valence electrons. The number of carbonyl (C=O) groups excluding carboxylic acids is 1. The van der Waals surface area contributed by atoms with Crippen molar-refractivity contribution in [3.8, 4) is 0 Å². The van der Waals surface area contributed by atoms with E-state index in [1.54, 1.807) is 0 Å². The van der Waals surface area contributed by atoms with Gasteiger partial charge in [-0.05, 0) is 89.9 Å². The summed E-state index contributed by atoms with van der Waals surface area (Å²) in [5.74, 6) is -0.205. The summed E-state index contributed by atoms with van der Waals surface area (Å²) in [6.07, 6.45) is 78.3. The fourth-order valence-electron chi connectivity index (χ4n) is 7.68. The molecule has 0 saturated carbocycles. The summed E-state index contributed by atoms with van der Waals surface area (Å²) in [5, 5.41) is 9.67. The Hall–Kier alpha value is -2.43. The number of esters is 1. The van der Waals surface area contributed by atoms with Crippen LogP contribution < -0.4 is 0 Å². The molecule has 4 heteroatoms. The number of carbonyl (C=O) groups is 1. The van der Waals surface area contributed by atoms with Crippen LogP contribution in [0.5, 0.6) is 0 Å². The smallest absolute Gasteiger partial charge is 0.306 e. The van der Waals surface area contributed by atoms with Crippen molar-refractivity contribution in [3.63, 3.8) is 0 Å². The minimum atomic E-state index is -0.546. The molecular weight excluding hydrogens is 773 g/mol. The van der Waals surface area contributed by atoms with Gasteiger partial charge < -0.3 is 14.6 Å². The summed E-state index contributed by atoms with van der Waals surface area (Å²) in [5.41, 5.74) is 0. The number of unbranched alkanes of at least 4 members (excludes halogenated alkanes) is 28. The molecule has 0 aromatic heterocycles. The SMILES string of the molecule is CC/C=C\C/C=C\C/C=C\C/C=C\C/C=C\C/C=C\CCCCCCCCCOCC(CO)OC(=O)CCCCCCCCCCCCCCC/C=C\CCCCCCCCCC. The molecule has 0 aliphatic rings. The second kappa shape index (κ2) is 55.7. The lowest BCUT2D eigenvalue weighted by molar-refractivity contribution is -0.154. The first-order valence-corrected chi connectivity index (χ1v) is 27.2. The Labute approximate surface area is 392 Å². The number of rotatable bonds is 50. The van der Waals surface area contributed by atoms with Gasteiger partial charge in [-0.1, -0.05) is 247 Å². The Bertz CT molecular complexity index is 1110. The summed E-state index contributed by atoms with van der Waals surface area (Å²) in [6, 6.07) is 0. The molecule has 0 radical (unpaired) electrons. The van der Waals surface area contributed by atoms with Crippen LogP contribution >= 0.6 is 0 Å². The lowest BCUT2D eigenvalue weighted by Crippen LogP contribution is -2.27. The molecule has 0 aromatic rings. The van der Waals surface area contributed by atoms with E-state index in [1.807, 2.05) is 0 Å². The van der Waals surface area contributed by atoms with Crippen molar-refractivity contribution in [3.05, 3.63) is 85.1 Å². The van der Waals surface area contributed by atoms with Gasteiger partial charge in [0.1, 0.15) is 6.10 Å². The first-order chi connectivity index (χ1) is 31.2. The van der Waals surface area contributed by atoms with Crippen LogP contribution in [0.2, 0.25) is 0 Å². The Morgan fingerprint density at radius 3 is 1.10 bits per heavy atom.